The molecule has 1 unspecified atom stereocenters. The van der Waals surface area contributed by atoms with E-state index in [1.165, 1.54) is 0 Å². The zero-order valence-corrected chi connectivity index (χ0v) is 8.88. The number of carbonyl (C=O) groups is 1. The third-order valence-corrected chi connectivity index (χ3v) is 2.72. The van der Waals surface area contributed by atoms with Gasteiger partial charge in [0.25, 0.3) is 0 Å². The first-order valence-electron chi connectivity index (χ1n) is 5.14. The highest BCUT2D eigenvalue weighted by Crippen LogP contribution is 2.40. The molecule has 0 aromatic carbocycles. The van der Waals surface area contributed by atoms with Crippen molar-refractivity contribution in [2.45, 2.75) is 31.7 Å². The Bertz CT molecular complexity index is 204. The fourth-order valence-electron chi connectivity index (χ4n) is 1.78. The van der Waals surface area contributed by atoms with Gasteiger partial charge in [0.15, 0.2) is 0 Å². The molecule has 0 radical (unpaired) electrons. The Labute approximate surface area is 84.6 Å². The third kappa shape index (κ3) is 2.25. The van der Waals surface area contributed by atoms with E-state index in [0.29, 0.717) is 0 Å². The van der Waals surface area contributed by atoms with E-state index >= 15 is 0 Å². The molecule has 1 aliphatic carbocycles. The van der Waals surface area contributed by atoms with Gasteiger partial charge in [0.1, 0.15) is 5.54 Å². The number of rotatable bonds is 7. The summed E-state index contributed by atoms with van der Waals surface area (Å²) in [6.07, 6.45) is 2.92. The number of methoxy groups -OCH3 is 1. The number of ether oxygens (including phenoxy) is 1. The Hall–Kier alpha value is -0.610. The van der Waals surface area contributed by atoms with Gasteiger partial charge in [-0.15, -0.1) is 0 Å². The molecule has 0 spiro atoms. The molecule has 0 saturated heterocycles. The van der Waals surface area contributed by atoms with Gasteiger partial charge in [0.05, 0.1) is 6.61 Å². The first kappa shape index (κ1) is 11.5. The van der Waals surface area contributed by atoms with Crippen LogP contribution in [0.15, 0.2) is 0 Å². The molecule has 1 aliphatic rings. The summed E-state index contributed by atoms with van der Waals surface area (Å²) in [5.41, 5.74) is -0.842. The second-order valence-electron chi connectivity index (χ2n) is 3.91. The van der Waals surface area contributed by atoms with E-state index in [4.69, 9.17) is 4.74 Å². The highest BCUT2D eigenvalue weighted by Gasteiger charge is 2.50. The maximum atomic E-state index is 11.3. The van der Waals surface area contributed by atoms with Crippen molar-refractivity contribution >= 4 is 5.97 Å². The van der Waals surface area contributed by atoms with Gasteiger partial charge in [-0.1, -0.05) is 6.92 Å². The van der Waals surface area contributed by atoms with E-state index in [2.05, 4.69) is 5.32 Å². The van der Waals surface area contributed by atoms with Gasteiger partial charge in [-0.2, -0.15) is 0 Å². The van der Waals surface area contributed by atoms with Crippen molar-refractivity contribution in [2.75, 3.05) is 20.3 Å². The minimum Gasteiger partial charge on any atom is -0.480 e. The number of hydrogen-bond acceptors (Lipinski definition) is 3. The van der Waals surface area contributed by atoms with Crippen LogP contribution in [-0.2, 0) is 9.53 Å². The summed E-state index contributed by atoms with van der Waals surface area (Å²) in [6.45, 7) is 3.01. The molecule has 1 fully saturated rings. The summed E-state index contributed by atoms with van der Waals surface area (Å²) in [5, 5.41) is 12.4. The standard InChI is InChI=1S/C10H19NO3/c1-3-6-11-10(7-14-2,9(12)13)8-4-5-8/h8,11H,3-7H2,1-2H3,(H,12,13). The Morgan fingerprint density at radius 2 is 2.29 bits per heavy atom. The van der Waals surface area contributed by atoms with Gasteiger partial charge in [-0.25, -0.2) is 0 Å². The molecule has 2 N–H and O–H groups in total. The Morgan fingerprint density at radius 3 is 2.64 bits per heavy atom. The number of carboxylic acids is 1. The van der Waals surface area contributed by atoms with Gasteiger partial charge < -0.3 is 9.84 Å². The predicted octanol–water partition coefficient (Wildman–Crippen LogP) is 0.866. The maximum Gasteiger partial charge on any atom is 0.326 e. The van der Waals surface area contributed by atoms with Crippen LogP contribution in [0.4, 0.5) is 0 Å². The first-order chi connectivity index (χ1) is 6.67. The molecule has 4 nitrogen and oxygen atoms in total. The minimum absolute atomic E-state index is 0.242. The zero-order valence-electron chi connectivity index (χ0n) is 8.88. The summed E-state index contributed by atoms with van der Waals surface area (Å²) in [7, 11) is 1.55. The fraction of sp³-hybridized carbons (Fsp3) is 0.900. The van der Waals surface area contributed by atoms with Crippen LogP contribution >= 0.6 is 0 Å². The zero-order chi connectivity index (χ0) is 10.6. The molecule has 1 rings (SSSR count). The van der Waals surface area contributed by atoms with Crippen molar-refractivity contribution in [3.8, 4) is 0 Å². The third-order valence-electron chi connectivity index (χ3n) is 2.72. The van der Waals surface area contributed by atoms with E-state index in [1.807, 2.05) is 6.92 Å². The van der Waals surface area contributed by atoms with E-state index in [0.717, 1.165) is 25.8 Å². The molecule has 14 heavy (non-hydrogen) atoms. The molecule has 82 valence electrons. The molecule has 0 heterocycles. The van der Waals surface area contributed by atoms with E-state index < -0.39 is 11.5 Å². The van der Waals surface area contributed by atoms with Gasteiger partial charge in [-0.3, -0.25) is 10.1 Å². The van der Waals surface area contributed by atoms with Crippen LogP contribution in [0.1, 0.15) is 26.2 Å². The van der Waals surface area contributed by atoms with Crippen molar-refractivity contribution in [2.24, 2.45) is 5.92 Å². The van der Waals surface area contributed by atoms with Crippen molar-refractivity contribution in [1.29, 1.82) is 0 Å². The number of aliphatic carboxylic acids is 1. The van der Waals surface area contributed by atoms with Crippen LogP contribution < -0.4 is 5.32 Å². The summed E-state index contributed by atoms with van der Waals surface area (Å²) in [4.78, 5) is 11.3. The van der Waals surface area contributed by atoms with Crippen LogP contribution in [0.3, 0.4) is 0 Å². The summed E-state index contributed by atoms with van der Waals surface area (Å²) in [5.74, 6) is -0.540. The monoisotopic (exact) mass is 201 g/mol. The highest BCUT2D eigenvalue weighted by molar-refractivity contribution is 5.80. The molecule has 0 amide bonds. The summed E-state index contributed by atoms with van der Waals surface area (Å²) < 4.78 is 5.02. The normalized spacial score (nSPS) is 20.4. The molecule has 0 aliphatic heterocycles. The lowest BCUT2D eigenvalue weighted by molar-refractivity contribution is -0.148. The van der Waals surface area contributed by atoms with Crippen molar-refractivity contribution in [1.82, 2.24) is 5.32 Å². The minimum atomic E-state index is -0.842. The molecule has 0 aromatic heterocycles. The van der Waals surface area contributed by atoms with Crippen molar-refractivity contribution in [3.05, 3.63) is 0 Å². The first-order valence-corrected chi connectivity index (χ1v) is 5.14. The number of nitrogens with one attached hydrogen (secondary N) is 1. The number of carboxylic acid groups (broad SMARTS) is 1. The SMILES string of the molecule is CCCNC(COC)(C(=O)O)C1CC1. The number of hydrogen-bond donors (Lipinski definition) is 2. The Balaban J connectivity index is 2.67. The van der Waals surface area contributed by atoms with Gasteiger partial charge in [0, 0.05) is 7.11 Å². The highest BCUT2D eigenvalue weighted by atomic mass is 16.5. The van der Waals surface area contributed by atoms with E-state index in [1.54, 1.807) is 7.11 Å². The second kappa shape index (κ2) is 4.75. The predicted molar refractivity (Wildman–Crippen MR) is 53.3 cm³/mol. The van der Waals surface area contributed by atoms with Gasteiger partial charge in [0.2, 0.25) is 0 Å². The Kier molecular flexibility index (Phi) is 3.89. The van der Waals surface area contributed by atoms with Gasteiger partial charge in [-0.05, 0) is 31.7 Å². The molecule has 0 aromatic rings. The quantitative estimate of drug-likeness (QED) is 0.641. The summed E-state index contributed by atoms with van der Waals surface area (Å²) >= 11 is 0. The van der Waals surface area contributed by atoms with Gasteiger partial charge >= 0.3 is 5.97 Å². The topological polar surface area (TPSA) is 58.6 Å². The smallest absolute Gasteiger partial charge is 0.326 e. The molecule has 1 atom stereocenters. The van der Waals surface area contributed by atoms with Crippen LogP contribution in [0.2, 0.25) is 0 Å². The van der Waals surface area contributed by atoms with Crippen molar-refractivity contribution in [3.63, 3.8) is 0 Å². The van der Waals surface area contributed by atoms with E-state index in [-0.39, 0.29) is 12.5 Å². The molecular weight excluding hydrogens is 182 g/mol. The van der Waals surface area contributed by atoms with Crippen LogP contribution in [0, 0.1) is 5.92 Å². The van der Waals surface area contributed by atoms with Crippen LogP contribution in [0.25, 0.3) is 0 Å². The Morgan fingerprint density at radius 1 is 1.64 bits per heavy atom. The second-order valence-corrected chi connectivity index (χ2v) is 3.91. The molecule has 0 bridgehead atoms. The lowest BCUT2D eigenvalue weighted by Gasteiger charge is -2.29. The average Bonchev–Trinajstić information content (AvgIpc) is 2.95. The molecule has 1 saturated carbocycles. The van der Waals surface area contributed by atoms with Crippen LogP contribution in [0.5, 0.6) is 0 Å². The maximum absolute atomic E-state index is 11.3. The van der Waals surface area contributed by atoms with Crippen LogP contribution in [-0.4, -0.2) is 36.9 Å². The lowest BCUT2D eigenvalue weighted by Crippen LogP contribution is -2.57. The molecule has 4 heteroatoms. The van der Waals surface area contributed by atoms with E-state index in [9.17, 15) is 9.90 Å². The molecular formula is C10H19NO3. The lowest BCUT2D eigenvalue weighted by atomic mass is 9.94. The fourth-order valence-corrected chi connectivity index (χ4v) is 1.78. The van der Waals surface area contributed by atoms with Crippen molar-refractivity contribution < 1.29 is 14.6 Å². The average molecular weight is 201 g/mol. The largest absolute Gasteiger partial charge is 0.480 e. The summed E-state index contributed by atoms with van der Waals surface area (Å²) in [6, 6.07) is 0.